The molecule has 0 saturated heterocycles. The summed E-state index contributed by atoms with van der Waals surface area (Å²) in [5.41, 5.74) is 3.82. The molecule has 1 unspecified atom stereocenters. The van der Waals surface area contributed by atoms with Gasteiger partial charge in [-0.2, -0.15) is 0 Å². The van der Waals surface area contributed by atoms with Crippen LogP contribution in [-0.4, -0.2) is 28.6 Å². The summed E-state index contributed by atoms with van der Waals surface area (Å²) in [5.74, 6) is -1.79. The number of nitrogens with one attached hydrogen (secondary N) is 1. The number of carbonyl (C=O) groups is 3. The Kier molecular flexibility index (Phi) is 15.3. The van der Waals surface area contributed by atoms with E-state index in [9.17, 15) is 19.5 Å². The maximum Gasteiger partial charge on any atom is 0.307 e. The molecule has 0 aromatic heterocycles. The predicted octanol–water partition coefficient (Wildman–Crippen LogP) is 8.08. The van der Waals surface area contributed by atoms with Gasteiger partial charge in [-0.05, 0) is 41.7 Å². The second-order valence-electron chi connectivity index (χ2n) is 8.21. The van der Waals surface area contributed by atoms with Crippen molar-refractivity contribution in [2.24, 2.45) is 5.92 Å². The van der Waals surface area contributed by atoms with Gasteiger partial charge in [-0.3, -0.25) is 14.4 Å². The fraction of sp³-hybridized carbons (Fsp3) is 0.323. The number of alkyl halides is 1. The number of rotatable bonds is 14. The number of carboxylic acid groups (broad SMARTS) is 1. The van der Waals surface area contributed by atoms with Crippen molar-refractivity contribution in [2.45, 2.75) is 52.9 Å². The number of halogens is 1. The van der Waals surface area contributed by atoms with Crippen molar-refractivity contribution in [1.29, 1.82) is 0 Å². The van der Waals surface area contributed by atoms with E-state index in [2.05, 4.69) is 11.9 Å². The number of Topliss-reactive ketones (excluding diaryl/α,β-unsaturated/α-hetero) is 1. The van der Waals surface area contributed by atoms with Gasteiger partial charge in [-0.25, -0.2) is 0 Å². The standard InChI is InChI=1S/C29H32ClNO4.C2H6/c1-3-5-9-28(33)31-26-16-14-23(15-17-26)22-10-12-24(13-11-22)27(32)20-25(29(34)35)19-21(7-4-2)8-6-18-30;1-2/h4,6-8,10-17,25H,2-3,5,9,18-20H2,1H3,(H,31,33)(H,34,35);1-2H3/b8-6-,21-7+;. The molecule has 198 valence electrons. The quantitative estimate of drug-likeness (QED) is 0.149. The van der Waals surface area contributed by atoms with Crippen molar-refractivity contribution in [3.05, 3.63) is 90.6 Å². The van der Waals surface area contributed by atoms with E-state index in [1.54, 1.807) is 36.4 Å². The van der Waals surface area contributed by atoms with E-state index in [1.807, 2.05) is 57.2 Å². The van der Waals surface area contributed by atoms with E-state index in [0.29, 0.717) is 17.9 Å². The van der Waals surface area contributed by atoms with Crippen LogP contribution in [0, 0.1) is 5.92 Å². The molecule has 2 aromatic rings. The molecular formula is C31H38ClNO4. The Morgan fingerprint density at radius 1 is 1.00 bits per heavy atom. The smallest absolute Gasteiger partial charge is 0.307 e. The van der Waals surface area contributed by atoms with Crippen LogP contribution in [0.5, 0.6) is 0 Å². The number of anilines is 1. The van der Waals surface area contributed by atoms with Gasteiger partial charge in [0.2, 0.25) is 5.91 Å². The Morgan fingerprint density at radius 2 is 1.59 bits per heavy atom. The summed E-state index contributed by atoms with van der Waals surface area (Å²) in [6.07, 6.45) is 9.23. The van der Waals surface area contributed by atoms with Crippen LogP contribution >= 0.6 is 11.6 Å². The highest BCUT2D eigenvalue weighted by Crippen LogP contribution is 2.24. The van der Waals surface area contributed by atoms with Crippen molar-refractivity contribution in [1.82, 2.24) is 0 Å². The second-order valence-corrected chi connectivity index (χ2v) is 8.52. The second kappa shape index (κ2) is 17.9. The average Bonchev–Trinajstić information content (AvgIpc) is 2.91. The molecule has 5 nitrogen and oxygen atoms in total. The minimum atomic E-state index is -1.02. The van der Waals surface area contributed by atoms with Crippen LogP contribution in [0.4, 0.5) is 5.69 Å². The van der Waals surface area contributed by atoms with Gasteiger partial charge in [0, 0.05) is 30.0 Å². The lowest BCUT2D eigenvalue weighted by molar-refractivity contribution is -0.141. The molecule has 0 saturated carbocycles. The molecule has 2 N–H and O–H groups in total. The number of benzene rings is 2. The fourth-order valence-electron chi connectivity index (χ4n) is 3.57. The first-order chi connectivity index (χ1) is 17.9. The number of aliphatic carboxylic acids is 1. The Balaban J connectivity index is 0.00000334. The van der Waals surface area contributed by atoms with Crippen LogP contribution in [0.25, 0.3) is 11.1 Å². The number of carbonyl (C=O) groups excluding carboxylic acids is 2. The lowest BCUT2D eigenvalue weighted by atomic mass is 9.91. The van der Waals surface area contributed by atoms with Gasteiger partial charge in [0.05, 0.1) is 5.92 Å². The molecular weight excluding hydrogens is 486 g/mol. The monoisotopic (exact) mass is 523 g/mol. The molecule has 0 aliphatic rings. The summed E-state index contributed by atoms with van der Waals surface area (Å²) in [6.45, 7) is 9.70. The average molecular weight is 524 g/mol. The first-order valence-electron chi connectivity index (χ1n) is 12.7. The van der Waals surface area contributed by atoms with Gasteiger partial charge in [0.1, 0.15) is 0 Å². The highest BCUT2D eigenvalue weighted by Gasteiger charge is 2.23. The van der Waals surface area contributed by atoms with Gasteiger partial charge >= 0.3 is 5.97 Å². The van der Waals surface area contributed by atoms with Crippen molar-refractivity contribution in [3.63, 3.8) is 0 Å². The van der Waals surface area contributed by atoms with E-state index >= 15 is 0 Å². The van der Waals surface area contributed by atoms with Crippen LogP contribution < -0.4 is 5.32 Å². The molecule has 1 atom stereocenters. The molecule has 0 spiro atoms. The van der Waals surface area contributed by atoms with E-state index in [1.165, 1.54) is 0 Å². The van der Waals surface area contributed by atoms with Crippen molar-refractivity contribution >= 4 is 34.9 Å². The normalized spacial score (nSPS) is 11.8. The molecule has 0 heterocycles. The zero-order valence-electron chi connectivity index (χ0n) is 22.0. The third-order valence-electron chi connectivity index (χ3n) is 5.48. The van der Waals surface area contributed by atoms with Crippen LogP contribution in [-0.2, 0) is 9.59 Å². The predicted molar refractivity (Wildman–Crippen MR) is 154 cm³/mol. The maximum absolute atomic E-state index is 12.8. The minimum absolute atomic E-state index is 0.00399. The molecule has 2 aromatic carbocycles. The van der Waals surface area contributed by atoms with E-state index in [4.69, 9.17) is 11.6 Å². The largest absolute Gasteiger partial charge is 0.481 e. The molecule has 2 rings (SSSR count). The lowest BCUT2D eigenvalue weighted by Gasteiger charge is -2.13. The summed E-state index contributed by atoms with van der Waals surface area (Å²) in [4.78, 5) is 36.5. The van der Waals surface area contributed by atoms with Gasteiger partial charge < -0.3 is 10.4 Å². The Morgan fingerprint density at radius 3 is 2.11 bits per heavy atom. The van der Waals surface area contributed by atoms with Gasteiger partial charge in [0.15, 0.2) is 5.78 Å². The molecule has 0 fully saturated rings. The molecule has 6 heteroatoms. The molecule has 0 aliphatic heterocycles. The summed E-state index contributed by atoms with van der Waals surface area (Å²) in [6, 6.07) is 14.6. The summed E-state index contributed by atoms with van der Waals surface area (Å²) in [7, 11) is 0. The van der Waals surface area contributed by atoms with Gasteiger partial charge in [-0.15, -0.1) is 11.6 Å². The van der Waals surface area contributed by atoms with E-state index in [-0.39, 0.29) is 24.5 Å². The topological polar surface area (TPSA) is 83.5 Å². The van der Waals surface area contributed by atoms with Gasteiger partial charge in [-0.1, -0.05) is 94.5 Å². The maximum atomic E-state index is 12.8. The number of hydrogen-bond acceptors (Lipinski definition) is 3. The molecule has 1 amide bonds. The van der Waals surface area contributed by atoms with Crippen LogP contribution in [0.15, 0.2) is 85.0 Å². The summed E-state index contributed by atoms with van der Waals surface area (Å²) in [5, 5.41) is 12.5. The highest BCUT2D eigenvalue weighted by atomic mass is 35.5. The van der Waals surface area contributed by atoms with Crippen LogP contribution in [0.1, 0.15) is 63.2 Å². The van der Waals surface area contributed by atoms with Crippen molar-refractivity contribution in [3.8, 4) is 11.1 Å². The number of ketones is 1. The molecule has 0 aliphatic carbocycles. The van der Waals surface area contributed by atoms with Crippen LogP contribution in [0.2, 0.25) is 0 Å². The zero-order valence-corrected chi connectivity index (χ0v) is 22.8. The first kappa shape index (κ1) is 31.6. The molecule has 0 radical (unpaired) electrons. The zero-order chi connectivity index (χ0) is 27.6. The number of carboxylic acids is 1. The highest BCUT2D eigenvalue weighted by molar-refractivity contribution is 6.18. The minimum Gasteiger partial charge on any atom is -0.481 e. The Hall–Kier alpha value is -3.44. The number of hydrogen-bond donors (Lipinski definition) is 2. The first-order valence-corrected chi connectivity index (χ1v) is 13.2. The number of amides is 1. The van der Waals surface area contributed by atoms with E-state index < -0.39 is 11.9 Å². The summed E-state index contributed by atoms with van der Waals surface area (Å²) >= 11 is 5.68. The number of unbranched alkanes of at least 4 members (excludes halogenated alkanes) is 1. The van der Waals surface area contributed by atoms with Gasteiger partial charge in [0.25, 0.3) is 0 Å². The Bertz CT molecular complexity index is 1070. The summed E-state index contributed by atoms with van der Waals surface area (Å²) < 4.78 is 0. The number of allylic oxidation sites excluding steroid dienone is 5. The third kappa shape index (κ3) is 11.4. The fourth-order valence-corrected chi connectivity index (χ4v) is 3.66. The van der Waals surface area contributed by atoms with E-state index in [0.717, 1.165) is 35.2 Å². The molecule has 0 bridgehead atoms. The third-order valence-corrected chi connectivity index (χ3v) is 5.66. The van der Waals surface area contributed by atoms with Crippen molar-refractivity contribution < 1.29 is 19.5 Å². The van der Waals surface area contributed by atoms with Crippen LogP contribution in [0.3, 0.4) is 0 Å². The Labute approximate surface area is 225 Å². The SMILES string of the molecule is C=C/C=C(\C=C/CCl)CC(CC(=O)c1ccc(-c2ccc(NC(=O)CCCC)cc2)cc1)C(=O)O.CC. The molecule has 37 heavy (non-hydrogen) atoms. The van der Waals surface area contributed by atoms with Crippen molar-refractivity contribution in [2.75, 3.05) is 11.2 Å². The lowest BCUT2D eigenvalue weighted by Crippen LogP contribution is -2.18.